The van der Waals surface area contributed by atoms with Gasteiger partial charge in [-0.25, -0.2) is 13.4 Å². The molecule has 0 bridgehead atoms. The van der Waals surface area contributed by atoms with Crippen molar-refractivity contribution in [3.8, 4) is 5.75 Å². The lowest BCUT2D eigenvalue weighted by Gasteiger charge is -2.11. The molecule has 0 atom stereocenters. The third-order valence-electron chi connectivity index (χ3n) is 2.38. The summed E-state index contributed by atoms with van der Waals surface area (Å²) < 4.78 is 55.4. The summed E-state index contributed by atoms with van der Waals surface area (Å²) in [6.45, 7) is -1.83. The van der Waals surface area contributed by atoms with E-state index in [-0.39, 0.29) is 20.8 Å². The van der Waals surface area contributed by atoms with Crippen LogP contribution in [0.15, 0.2) is 34.7 Å². The number of anilines is 2. The van der Waals surface area contributed by atoms with Gasteiger partial charge in [0.2, 0.25) is 5.91 Å². The highest BCUT2D eigenvalue weighted by Crippen LogP contribution is 2.30. The standard InChI is InChI=1S/C12H11F2N3O4S2/c1-7(18)16-12-15-6-10(22-12)23(19,20)17-8-4-2-3-5-9(8)21-11(13)14/h2-6,11,17H,1H3,(H,15,16,18). The maximum atomic E-state index is 12.3. The zero-order valence-electron chi connectivity index (χ0n) is 11.6. The van der Waals surface area contributed by atoms with Gasteiger partial charge in [0.15, 0.2) is 9.34 Å². The largest absolute Gasteiger partial charge is 0.433 e. The van der Waals surface area contributed by atoms with Gasteiger partial charge in [-0.15, -0.1) is 0 Å². The van der Waals surface area contributed by atoms with Gasteiger partial charge < -0.3 is 10.1 Å². The highest BCUT2D eigenvalue weighted by atomic mass is 32.2. The number of carbonyl (C=O) groups is 1. The molecule has 0 aliphatic rings. The SMILES string of the molecule is CC(=O)Nc1ncc(S(=O)(=O)Nc2ccccc2OC(F)F)s1. The lowest BCUT2D eigenvalue weighted by Crippen LogP contribution is -2.13. The van der Waals surface area contributed by atoms with E-state index >= 15 is 0 Å². The highest BCUT2D eigenvalue weighted by Gasteiger charge is 2.21. The Labute approximate surface area is 134 Å². The molecule has 1 heterocycles. The first-order valence-corrected chi connectivity index (χ1v) is 8.38. The van der Waals surface area contributed by atoms with Crippen LogP contribution in [0.5, 0.6) is 5.75 Å². The van der Waals surface area contributed by atoms with Gasteiger partial charge in [0.25, 0.3) is 10.0 Å². The summed E-state index contributed by atoms with van der Waals surface area (Å²) in [7, 11) is -4.06. The molecule has 1 amide bonds. The first-order valence-electron chi connectivity index (χ1n) is 6.08. The van der Waals surface area contributed by atoms with E-state index in [1.165, 1.54) is 31.2 Å². The van der Waals surface area contributed by atoms with E-state index in [0.717, 1.165) is 17.5 Å². The van der Waals surface area contributed by atoms with Gasteiger partial charge in [0.05, 0.1) is 11.9 Å². The molecule has 7 nitrogen and oxygen atoms in total. The molecular weight excluding hydrogens is 352 g/mol. The van der Waals surface area contributed by atoms with Gasteiger partial charge in [0.1, 0.15) is 5.75 Å². The topological polar surface area (TPSA) is 97.4 Å². The van der Waals surface area contributed by atoms with Crippen LogP contribution >= 0.6 is 11.3 Å². The minimum Gasteiger partial charge on any atom is -0.433 e. The fourth-order valence-corrected chi connectivity index (χ4v) is 3.68. The first kappa shape index (κ1) is 17.1. The number of benzene rings is 1. The van der Waals surface area contributed by atoms with E-state index in [4.69, 9.17) is 0 Å². The van der Waals surface area contributed by atoms with Crippen LogP contribution in [-0.4, -0.2) is 25.9 Å². The molecule has 0 aliphatic heterocycles. The molecule has 0 saturated carbocycles. The number of aromatic nitrogens is 1. The van der Waals surface area contributed by atoms with Crippen LogP contribution in [-0.2, 0) is 14.8 Å². The molecular formula is C12H11F2N3O4S2. The van der Waals surface area contributed by atoms with Gasteiger partial charge in [0, 0.05) is 6.92 Å². The number of carbonyl (C=O) groups excluding carboxylic acids is 1. The predicted octanol–water partition coefficient (Wildman–Crippen LogP) is 2.50. The summed E-state index contributed by atoms with van der Waals surface area (Å²) in [6.07, 6.45) is 1.05. The average Bonchev–Trinajstić information content (AvgIpc) is 2.88. The van der Waals surface area contributed by atoms with E-state index in [1.807, 2.05) is 0 Å². The highest BCUT2D eigenvalue weighted by molar-refractivity contribution is 7.94. The van der Waals surface area contributed by atoms with E-state index < -0.39 is 22.5 Å². The first-order chi connectivity index (χ1) is 10.8. The van der Waals surface area contributed by atoms with Crippen molar-refractivity contribution in [1.29, 1.82) is 0 Å². The summed E-state index contributed by atoms with van der Waals surface area (Å²) >= 11 is 0.725. The Morgan fingerprint density at radius 3 is 2.70 bits per heavy atom. The maximum Gasteiger partial charge on any atom is 0.387 e. The predicted molar refractivity (Wildman–Crippen MR) is 80.3 cm³/mol. The molecule has 1 aromatic heterocycles. The number of nitrogens with one attached hydrogen (secondary N) is 2. The number of hydrogen-bond donors (Lipinski definition) is 2. The second kappa shape index (κ2) is 6.87. The Bertz CT molecular complexity index is 808. The van der Waals surface area contributed by atoms with Crippen LogP contribution in [0.4, 0.5) is 19.6 Å². The third-order valence-corrected chi connectivity index (χ3v) is 5.12. The van der Waals surface area contributed by atoms with Crippen LogP contribution in [0, 0.1) is 0 Å². The summed E-state index contributed by atoms with van der Waals surface area (Å²) in [5, 5.41) is 2.46. The fraction of sp³-hybridized carbons (Fsp3) is 0.167. The number of ether oxygens (including phenoxy) is 1. The molecule has 2 N–H and O–H groups in total. The number of alkyl halides is 2. The maximum absolute atomic E-state index is 12.3. The van der Waals surface area contributed by atoms with Crippen molar-refractivity contribution in [2.24, 2.45) is 0 Å². The number of sulfonamides is 1. The summed E-state index contributed by atoms with van der Waals surface area (Å²) in [5.74, 6) is -0.704. The summed E-state index contributed by atoms with van der Waals surface area (Å²) in [4.78, 5) is 14.7. The zero-order chi connectivity index (χ0) is 17.0. The van der Waals surface area contributed by atoms with E-state index in [0.29, 0.717) is 0 Å². The van der Waals surface area contributed by atoms with Gasteiger partial charge in [-0.2, -0.15) is 8.78 Å². The van der Waals surface area contributed by atoms with Crippen LogP contribution in [0.25, 0.3) is 0 Å². The number of rotatable bonds is 6. The quantitative estimate of drug-likeness (QED) is 0.822. The summed E-state index contributed by atoms with van der Waals surface area (Å²) in [5.41, 5.74) is -0.137. The number of para-hydroxylation sites is 2. The molecule has 0 spiro atoms. The minimum absolute atomic E-state index is 0.106. The van der Waals surface area contributed by atoms with Crippen LogP contribution in [0.2, 0.25) is 0 Å². The third kappa shape index (κ3) is 4.60. The molecule has 23 heavy (non-hydrogen) atoms. The van der Waals surface area contributed by atoms with Crippen LogP contribution in [0.3, 0.4) is 0 Å². The Kier molecular flexibility index (Phi) is 5.11. The lowest BCUT2D eigenvalue weighted by molar-refractivity contribution is -0.114. The van der Waals surface area contributed by atoms with Gasteiger partial charge >= 0.3 is 6.61 Å². The Morgan fingerprint density at radius 2 is 2.04 bits per heavy atom. The second-order valence-corrected chi connectivity index (χ2v) is 7.09. The monoisotopic (exact) mass is 363 g/mol. The van der Waals surface area contributed by atoms with Crippen molar-refractivity contribution in [3.05, 3.63) is 30.5 Å². The normalized spacial score (nSPS) is 11.3. The molecule has 2 aromatic rings. The van der Waals surface area contributed by atoms with Crippen molar-refractivity contribution in [2.45, 2.75) is 17.7 Å². The Balaban J connectivity index is 2.25. The lowest BCUT2D eigenvalue weighted by atomic mass is 10.3. The second-order valence-electron chi connectivity index (χ2n) is 4.15. The molecule has 1 aromatic carbocycles. The Morgan fingerprint density at radius 1 is 1.35 bits per heavy atom. The van der Waals surface area contributed by atoms with Crippen molar-refractivity contribution < 1.29 is 26.7 Å². The molecule has 0 radical (unpaired) electrons. The fourth-order valence-electron chi connectivity index (χ4n) is 1.54. The van der Waals surface area contributed by atoms with E-state index in [1.54, 1.807) is 0 Å². The number of halogens is 2. The van der Waals surface area contributed by atoms with E-state index in [9.17, 15) is 22.0 Å². The molecule has 0 saturated heterocycles. The summed E-state index contributed by atoms with van der Waals surface area (Å²) in [6, 6.07) is 5.38. The molecule has 0 fully saturated rings. The molecule has 124 valence electrons. The number of hydrogen-bond acceptors (Lipinski definition) is 6. The molecule has 0 unspecified atom stereocenters. The minimum atomic E-state index is -4.06. The van der Waals surface area contributed by atoms with Gasteiger partial charge in [-0.05, 0) is 12.1 Å². The van der Waals surface area contributed by atoms with Crippen molar-refractivity contribution in [2.75, 3.05) is 10.0 Å². The van der Waals surface area contributed by atoms with Crippen LogP contribution < -0.4 is 14.8 Å². The van der Waals surface area contributed by atoms with Crippen molar-refractivity contribution >= 4 is 38.1 Å². The Hall–Kier alpha value is -2.27. The van der Waals surface area contributed by atoms with Gasteiger partial charge in [-0.3, -0.25) is 9.52 Å². The molecule has 11 heteroatoms. The average molecular weight is 363 g/mol. The number of amides is 1. The molecule has 0 aliphatic carbocycles. The number of nitrogens with zero attached hydrogens (tertiary/aromatic N) is 1. The van der Waals surface area contributed by atoms with Crippen molar-refractivity contribution in [1.82, 2.24) is 4.98 Å². The smallest absolute Gasteiger partial charge is 0.387 e. The van der Waals surface area contributed by atoms with Crippen molar-refractivity contribution in [3.63, 3.8) is 0 Å². The van der Waals surface area contributed by atoms with Crippen LogP contribution in [0.1, 0.15) is 6.92 Å². The van der Waals surface area contributed by atoms with E-state index in [2.05, 4.69) is 19.8 Å². The van der Waals surface area contributed by atoms with Gasteiger partial charge in [-0.1, -0.05) is 23.5 Å². The zero-order valence-corrected chi connectivity index (χ0v) is 13.2. The number of thiazole rings is 1. The molecule has 2 rings (SSSR count).